The second kappa shape index (κ2) is 7.30. The smallest absolute Gasteiger partial charge is 0.116 e. The van der Waals surface area contributed by atoms with Gasteiger partial charge in [0.15, 0.2) is 0 Å². The molecule has 2 unspecified atom stereocenters. The standard InChI is InChI=1S/C16H28O3/c1-3-10-16(13-17-4-2,19-12-15-11-18-15)14-8-6-5-7-9-14/h4,14-15H,2-3,5-13H2,1H3. The molecule has 2 rings (SSSR count). The monoisotopic (exact) mass is 268 g/mol. The maximum absolute atomic E-state index is 6.34. The normalized spacial score (nSPS) is 26.7. The van der Waals surface area contributed by atoms with Gasteiger partial charge in [-0.05, 0) is 25.2 Å². The molecular weight excluding hydrogens is 240 g/mol. The molecule has 110 valence electrons. The van der Waals surface area contributed by atoms with Crippen LogP contribution in [0.5, 0.6) is 0 Å². The second-order valence-electron chi connectivity index (χ2n) is 5.89. The highest BCUT2D eigenvalue weighted by Crippen LogP contribution is 2.39. The zero-order valence-electron chi connectivity index (χ0n) is 12.2. The van der Waals surface area contributed by atoms with Gasteiger partial charge in [0.25, 0.3) is 0 Å². The Hall–Kier alpha value is -0.540. The maximum atomic E-state index is 6.34. The molecule has 0 amide bonds. The summed E-state index contributed by atoms with van der Waals surface area (Å²) in [6.07, 6.45) is 10.6. The molecule has 3 nitrogen and oxygen atoms in total. The van der Waals surface area contributed by atoms with E-state index in [1.165, 1.54) is 32.1 Å². The van der Waals surface area contributed by atoms with Crippen LogP contribution >= 0.6 is 0 Å². The fraction of sp³-hybridized carbons (Fsp3) is 0.875. The molecule has 0 aromatic carbocycles. The van der Waals surface area contributed by atoms with E-state index >= 15 is 0 Å². The van der Waals surface area contributed by atoms with E-state index in [1.807, 2.05) is 0 Å². The third-order valence-electron chi connectivity index (χ3n) is 4.43. The van der Waals surface area contributed by atoms with Crippen LogP contribution in [-0.4, -0.2) is 31.5 Å². The van der Waals surface area contributed by atoms with E-state index in [1.54, 1.807) is 6.26 Å². The SMILES string of the molecule is C=COCC(CCC)(OCC1CO1)C1CCCCC1. The topological polar surface area (TPSA) is 31.0 Å². The van der Waals surface area contributed by atoms with Crippen molar-refractivity contribution in [3.63, 3.8) is 0 Å². The quantitative estimate of drug-likeness (QED) is 0.472. The van der Waals surface area contributed by atoms with Crippen molar-refractivity contribution in [1.82, 2.24) is 0 Å². The summed E-state index contributed by atoms with van der Waals surface area (Å²) < 4.78 is 17.2. The van der Waals surface area contributed by atoms with Crippen molar-refractivity contribution in [2.24, 2.45) is 5.92 Å². The van der Waals surface area contributed by atoms with Crippen molar-refractivity contribution in [3.05, 3.63) is 12.8 Å². The van der Waals surface area contributed by atoms with Gasteiger partial charge < -0.3 is 14.2 Å². The lowest BCUT2D eigenvalue weighted by Gasteiger charge is -2.42. The minimum atomic E-state index is -0.130. The van der Waals surface area contributed by atoms with Gasteiger partial charge in [0.1, 0.15) is 18.3 Å². The van der Waals surface area contributed by atoms with Gasteiger partial charge in [-0.1, -0.05) is 39.2 Å². The minimum absolute atomic E-state index is 0.130. The maximum Gasteiger partial charge on any atom is 0.116 e. The number of hydrogen-bond acceptors (Lipinski definition) is 3. The molecule has 2 fully saturated rings. The molecule has 1 heterocycles. The Morgan fingerprint density at radius 1 is 1.32 bits per heavy atom. The summed E-state index contributed by atoms with van der Waals surface area (Å²) in [5.74, 6) is 0.625. The van der Waals surface area contributed by atoms with Crippen molar-refractivity contribution < 1.29 is 14.2 Å². The van der Waals surface area contributed by atoms with Crippen LogP contribution in [0.4, 0.5) is 0 Å². The lowest BCUT2D eigenvalue weighted by molar-refractivity contribution is -0.135. The van der Waals surface area contributed by atoms with Gasteiger partial charge in [0.2, 0.25) is 0 Å². The number of rotatable bonds is 9. The molecule has 0 spiro atoms. The van der Waals surface area contributed by atoms with Crippen LogP contribution < -0.4 is 0 Å². The average molecular weight is 268 g/mol. The van der Waals surface area contributed by atoms with Gasteiger partial charge in [-0.15, -0.1) is 0 Å². The highest BCUT2D eigenvalue weighted by Gasteiger charge is 2.41. The molecule has 0 aromatic rings. The van der Waals surface area contributed by atoms with Gasteiger partial charge in [0, 0.05) is 0 Å². The first-order valence-electron chi connectivity index (χ1n) is 7.79. The third-order valence-corrected chi connectivity index (χ3v) is 4.43. The van der Waals surface area contributed by atoms with Crippen LogP contribution in [-0.2, 0) is 14.2 Å². The molecule has 2 atom stereocenters. The first-order valence-corrected chi connectivity index (χ1v) is 7.79. The van der Waals surface area contributed by atoms with Crippen molar-refractivity contribution in [2.45, 2.75) is 63.6 Å². The zero-order chi connectivity index (χ0) is 13.6. The van der Waals surface area contributed by atoms with Gasteiger partial charge in [0.05, 0.1) is 19.5 Å². The van der Waals surface area contributed by atoms with Crippen molar-refractivity contribution >= 4 is 0 Å². The molecule has 1 aliphatic carbocycles. The first-order chi connectivity index (χ1) is 9.30. The predicted octanol–water partition coefficient (Wildman–Crippen LogP) is 3.68. The fourth-order valence-corrected chi connectivity index (χ4v) is 3.30. The molecular formula is C16H28O3. The molecule has 1 saturated carbocycles. The Labute approximate surface area is 117 Å². The second-order valence-corrected chi connectivity index (χ2v) is 5.89. The third kappa shape index (κ3) is 4.22. The van der Waals surface area contributed by atoms with Gasteiger partial charge in [-0.25, -0.2) is 0 Å². The molecule has 2 aliphatic rings. The number of hydrogen-bond donors (Lipinski definition) is 0. The molecule has 1 saturated heterocycles. The number of epoxide rings is 1. The van der Waals surface area contributed by atoms with E-state index in [-0.39, 0.29) is 5.60 Å². The van der Waals surface area contributed by atoms with Crippen LogP contribution in [0.3, 0.4) is 0 Å². The van der Waals surface area contributed by atoms with Crippen molar-refractivity contribution in [2.75, 3.05) is 19.8 Å². The van der Waals surface area contributed by atoms with Crippen molar-refractivity contribution in [1.29, 1.82) is 0 Å². The van der Waals surface area contributed by atoms with Gasteiger partial charge >= 0.3 is 0 Å². The summed E-state index contributed by atoms with van der Waals surface area (Å²) in [6, 6.07) is 0. The molecule has 1 aliphatic heterocycles. The highest BCUT2D eigenvalue weighted by molar-refractivity contribution is 4.91. The van der Waals surface area contributed by atoms with Crippen LogP contribution in [0.2, 0.25) is 0 Å². The van der Waals surface area contributed by atoms with Crippen molar-refractivity contribution in [3.8, 4) is 0 Å². The Bertz CT molecular complexity index is 269. The van der Waals surface area contributed by atoms with E-state index in [0.29, 0.717) is 18.6 Å². The Morgan fingerprint density at radius 2 is 2.05 bits per heavy atom. The lowest BCUT2D eigenvalue weighted by Crippen LogP contribution is -2.46. The van der Waals surface area contributed by atoms with E-state index < -0.39 is 0 Å². The van der Waals surface area contributed by atoms with E-state index in [0.717, 1.165) is 26.1 Å². The fourth-order valence-electron chi connectivity index (χ4n) is 3.30. The average Bonchev–Trinajstić information content (AvgIpc) is 3.27. The van der Waals surface area contributed by atoms with E-state index in [9.17, 15) is 0 Å². The molecule has 19 heavy (non-hydrogen) atoms. The van der Waals surface area contributed by atoms with Crippen LogP contribution in [0.15, 0.2) is 12.8 Å². The Kier molecular flexibility index (Phi) is 5.71. The summed E-state index contributed by atoms with van der Waals surface area (Å²) >= 11 is 0. The minimum Gasteiger partial charge on any atom is -0.499 e. The van der Waals surface area contributed by atoms with Gasteiger partial charge in [-0.2, -0.15) is 0 Å². The molecule has 0 N–H and O–H groups in total. The lowest BCUT2D eigenvalue weighted by atomic mass is 9.75. The largest absolute Gasteiger partial charge is 0.499 e. The Balaban J connectivity index is 2.02. The van der Waals surface area contributed by atoms with Crippen LogP contribution in [0.25, 0.3) is 0 Å². The van der Waals surface area contributed by atoms with Gasteiger partial charge in [-0.3, -0.25) is 0 Å². The summed E-state index contributed by atoms with van der Waals surface area (Å²) in [4.78, 5) is 0. The summed E-state index contributed by atoms with van der Waals surface area (Å²) in [6.45, 7) is 8.11. The summed E-state index contributed by atoms with van der Waals surface area (Å²) in [5, 5.41) is 0. The zero-order valence-corrected chi connectivity index (χ0v) is 12.2. The Morgan fingerprint density at radius 3 is 2.63 bits per heavy atom. The molecule has 0 radical (unpaired) electrons. The van der Waals surface area contributed by atoms with Crippen LogP contribution in [0.1, 0.15) is 51.9 Å². The first kappa shape index (κ1) is 14.9. The molecule has 3 heteroatoms. The van der Waals surface area contributed by atoms with E-state index in [4.69, 9.17) is 14.2 Å². The molecule has 0 aromatic heterocycles. The predicted molar refractivity (Wildman–Crippen MR) is 76.1 cm³/mol. The van der Waals surface area contributed by atoms with E-state index in [2.05, 4.69) is 13.5 Å². The summed E-state index contributed by atoms with van der Waals surface area (Å²) in [5.41, 5.74) is -0.130. The molecule has 0 bridgehead atoms. The summed E-state index contributed by atoms with van der Waals surface area (Å²) in [7, 11) is 0. The highest BCUT2D eigenvalue weighted by atomic mass is 16.6. The van der Waals surface area contributed by atoms with Crippen LogP contribution in [0, 0.1) is 5.92 Å². The number of ether oxygens (including phenoxy) is 3.